The predicted molar refractivity (Wildman–Crippen MR) is 148 cm³/mol. The minimum absolute atomic E-state index is 0.0289. The maximum absolute atomic E-state index is 13.6. The fourth-order valence-electron chi connectivity index (χ4n) is 4.65. The van der Waals surface area contributed by atoms with Crippen molar-refractivity contribution in [3.63, 3.8) is 0 Å². The molecule has 1 aliphatic rings. The average Bonchev–Trinajstić information content (AvgIpc) is 2.96. The van der Waals surface area contributed by atoms with Gasteiger partial charge in [0.25, 0.3) is 0 Å². The van der Waals surface area contributed by atoms with Crippen molar-refractivity contribution in [2.75, 3.05) is 19.6 Å². The molecule has 0 aliphatic carbocycles. The first-order valence-electron chi connectivity index (χ1n) is 13.4. The maximum atomic E-state index is 13.6. The number of piperazine rings is 1. The molecule has 1 aromatic heterocycles. The summed E-state index contributed by atoms with van der Waals surface area (Å²) in [5.41, 5.74) is 2.70. The molecule has 1 N–H and O–H groups in total. The van der Waals surface area contributed by atoms with Crippen LogP contribution in [0.5, 0.6) is 5.75 Å². The number of hydrogen-bond acceptors (Lipinski definition) is 6. The number of sulfonamides is 1. The molecule has 1 aliphatic heterocycles. The molecule has 1 fully saturated rings. The molecule has 224 valence electrons. The number of halogens is 3. The van der Waals surface area contributed by atoms with Crippen molar-refractivity contribution in [3.8, 4) is 5.75 Å². The van der Waals surface area contributed by atoms with Crippen LogP contribution in [0.25, 0.3) is 0 Å². The van der Waals surface area contributed by atoms with Crippen LogP contribution in [0, 0.1) is 0 Å². The third-order valence-corrected chi connectivity index (χ3v) is 8.71. The van der Waals surface area contributed by atoms with Crippen molar-refractivity contribution in [2.24, 2.45) is 0 Å². The van der Waals surface area contributed by atoms with Gasteiger partial charge in [-0.05, 0) is 59.5 Å². The molecule has 0 spiro atoms. The Labute approximate surface area is 242 Å². The number of nitrogens with zero attached hydrogens (tertiary/aromatic N) is 3. The summed E-state index contributed by atoms with van der Waals surface area (Å²) in [7, 11) is -4.33. The number of benzene rings is 2. The molecule has 0 unspecified atom stereocenters. The van der Waals surface area contributed by atoms with Gasteiger partial charge in [0.15, 0.2) is 0 Å². The van der Waals surface area contributed by atoms with E-state index in [1.165, 1.54) is 4.90 Å². The topological polar surface area (TPSA) is 109 Å². The lowest BCUT2D eigenvalue weighted by Gasteiger charge is -2.39. The SMILES string of the molecule is CCCc1ccc(CNC(=O)[C@H]2CN(C(=O)Cc3ccncc3)CCN2S(=O)(=O)c2ccc(OC(F)(F)F)cc2)cc1. The first kappa shape index (κ1) is 31.0. The summed E-state index contributed by atoms with van der Waals surface area (Å²) >= 11 is 0. The number of carbonyl (C=O) groups excluding carboxylic acids is 2. The van der Waals surface area contributed by atoms with Crippen LogP contribution in [0.15, 0.2) is 78.0 Å². The largest absolute Gasteiger partial charge is 0.573 e. The average molecular weight is 605 g/mol. The van der Waals surface area contributed by atoms with E-state index < -0.39 is 34.1 Å². The van der Waals surface area contributed by atoms with Gasteiger partial charge in [-0.2, -0.15) is 4.31 Å². The van der Waals surface area contributed by atoms with E-state index in [-0.39, 0.29) is 43.4 Å². The molecule has 4 rings (SSSR count). The van der Waals surface area contributed by atoms with Gasteiger partial charge in [-0.3, -0.25) is 14.6 Å². The summed E-state index contributed by atoms with van der Waals surface area (Å²) in [6, 6.07) is 13.6. The van der Waals surface area contributed by atoms with Gasteiger partial charge < -0.3 is 15.0 Å². The Kier molecular flexibility index (Phi) is 9.84. The van der Waals surface area contributed by atoms with Crippen LogP contribution in [-0.4, -0.2) is 66.5 Å². The van der Waals surface area contributed by atoms with Gasteiger partial charge in [0, 0.05) is 38.6 Å². The lowest BCUT2D eigenvalue weighted by Crippen LogP contribution is -2.61. The maximum Gasteiger partial charge on any atom is 0.573 e. The molecule has 13 heteroatoms. The number of aromatic nitrogens is 1. The predicted octanol–water partition coefficient (Wildman–Crippen LogP) is 3.69. The fourth-order valence-corrected chi connectivity index (χ4v) is 6.22. The van der Waals surface area contributed by atoms with E-state index in [9.17, 15) is 31.2 Å². The Bertz CT molecular complexity index is 1470. The molecule has 0 bridgehead atoms. The number of nitrogens with one attached hydrogen (secondary N) is 1. The Morgan fingerprint density at radius 2 is 1.60 bits per heavy atom. The Balaban J connectivity index is 1.54. The zero-order chi connectivity index (χ0) is 30.3. The summed E-state index contributed by atoms with van der Waals surface area (Å²) in [5.74, 6) is -1.46. The van der Waals surface area contributed by atoms with Crippen LogP contribution in [0.1, 0.15) is 30.0 Å². The first-order chi connectivity index (χ1) is 20.0. The molecule has 3 aromatic rings. The zero-order valence-electron chi connectivity index (χ0n) is 22.9. The number of alkyl halides is 3. The highest BCUT2D eigenvalue weighted by Crippen LogP contribution is 2.27. The van der Waals surface area contributed by atoms with Crippen molar-refractivity contribution < 1.29 is 35.9 Å². The van der Waals surface area contributed by atoms with Crippen LogP contribution in [-0.2, 0) is 39.0 Å². The second-order valence-electron chi connectivity index (χ2n) is 9.81. The van der Waals surface area contributed by atoms with E-state index in [1.807, 2.05) is 24.3 Å². The monoisotopic (exact) mass is 604 g/mol. The van der Waals surface area contributed by atoms with Gasteiger partial charge >= 0.3 is 6.36 Å². The third kappa shape index (κ3) is 8.07. The van der Waals surface area contributed by atoms with E-state index in [2.05, 4.69) is 22.0 Å². The van der Waals surface area contributed by atoms with Crippen molar-refractivity contribution in [1.29, 1.82) is 0 Å². The highest BCUT2D eigenvalue weighted by atomic mass is 32.2. The first-order valence-corrected chi connectivity index (χ1v) is 14.8. The number of ether oxygens (including phenoxy) is 1. The van der Waals surface area contributed by atoms with Crippen LogP contribution >= 0.6 is 0 Å². The van der Waals surface area contributed by atoms with Gasteiger partial charge in [-0.15, -0.1) is 13.2 Å². The van der Waals surface area contributed by atoms with Crippen LogP contribution < -0.4 is 10.1 Å². The van der Waals surface area contributed by atoms with Crippen molar-refractivity contribution >= 4 is 21.8 Å². The molecule has 42 heavy (non-hydrogen) atoms. The smallest absolute Gasteiger partial charge is 0.406 e. The van der Waals surface area contributed by atoms with Crippen LogP contribution in [0.4, 0.5) is 13.2 Å². The normalized spacial score (nSPS) is 16.2. The number of carbonyl (C=O) groups is 2. The molecule has 2 heterocycles. The highest BCUT2D eigenvalue weighted by molar-refractivity contribution is 7.89. The van der Waals surface area contributed by atoms with E-state index >= 15 is 0 Å². The highest BCUT2D eigenvalue weighted by Gasteiger charge is 2.41. The van der Waals surface area contributed by atoms with Crippen molar-refractivity contribution in [3.05, 3.63) is 89.7 Å². The molecule has 2 amide bonds. The Morgan fingerprint density at radius 3 is 2.21 bits per heavy atom. The van der Waals surface area contributed by atoms with Crippen LogP contribution in [0.2, 0.25) is 0 Å². The van der Waals surface area contributed by atoms with Gasteiger partial charge in [-0.1, -0.05) is 37.6 Å². The number of hydrogen-bond donors (Lipinski definition) is 1. The summed E-state index contributed by atoms with van der Waals surface area (Å²) in [6.07, 6.45) is 0.157. The third-order valence-electron chi connectivity index (χ3n) is 6.78. The van der Waals surface area contributed by atoms with Crippen molar-refractivity contribution in [1.82, 2.24) is 19.5 Å². The molecule has 2 aromatic carbocycles. The number of pyridine rings is 1. The Hall–Kier alpha value is -3.97. The van der Waals surface area contributed by atoms with Gasteiger partial charge in [0.1, 0.15) is 11.8 Å². The second-order valence-corrected chi connectivity index (χ2v) is 11.7. The molecule has 1 atom stereocenters. The summed E-state index contributed by atoms with van der Waals surface area (Å²) in [6.45, 7) is 1.87. The summed E-state index contributed by atoms with van der Waals surface area (Å²) in [5, 5.41) is 2.78. The van der Waals surface area contributed by atoms with Gasteiger partial charge in [0.2, 0.25) is 21.8 Å². The van der Waals surface area contributed by atoms with E-state index in [4.69, 9.17) is 0 Å². The summed E-state index contributed by atoms with van der Waals surface area (Å²) in [4.78, 5) is 31.6. The van der Waals surface area contributed by atoms with Gasteiger partial charge in [0.05, 0.1) is 11.3 Å². The lowest BCUT2D eigenvalue weighted by atomic mass is 10.1. The number of amides is 2. The van der Waals surface area contributed by atoms with E-state index in [0.717, 1.165) is 58.1 Å². The molecular formula is C29H31F3N4O5S. The zero-order valence-corrected chi connectivity index (χ0v) is 23.7. The Morgan fingerprint density at radius 1 is 0.952 bits per heavy atom. The van der Waals surface area contributed by atoms with Gasteiger partial charge in [-0.25, -0.2) is 8.42 Å². The standard InChI is InChI=1S/C29H31F3N4O5S/c1-2-3-21-4-6-23(7-5-21)19-34-28(38)26-20-35(27(37)18-22-12-14-33-15-13-22)16-17-36(26)42(39,40)25-10-8-24(9-11-25)41-29(30,31)32/h4-15,26H,2-3,16-20H2,1H3,(H,34,38)/t26-/m1/s1. The molecular weight excluding hydrogens is 573 g/mol. The second kappa shape index (κ2) is 13.3. The minimum atomic E-state index is -4.93. The number of aryl methyl sites for hydroxylation is 1. The minimum Gasteiger partial charge on any atom is -0.406 e. The van der Waals surface area contributed by atoms with E-state index in [1.54, 1.807) is 24.5 Å². The van der Waals surface area contributed by atoms with Crippen molar-refractivity contribution in [2.45, 2.75) is 50.0 Å². The lowest BCUT2D eigenvalue weighted by molar-refractivity contribution is -0.274. The molecule has 1 saturated heterocycles. The van der Waals surface area contributed by atoms with Crippen LogP contribution in [0.3, 0.4) is 0 Å². The van der Waals surface area contributed by atoms with E-state index in [0.29, 0.717) is 0 Å². The molecule has 0 saturated carbocycles. The fraction of sp³-hybridized carbons (Fsp3) is 0.345. The summed E-state index contributed by atoms with van der Waals surface area (Å²) < 4.78 is 69.8. The molecule has 9 nitrogen and oxygen atoms in total. The number of rotatable bonds is 10. The molecule has 0 radical (unpaired) electrons. The quantitative estimate of drug-likeness (QED) is 0.378.